The SMILES string of the molecule is O=C(NCc1ccco1)Nc1ccc(N2CCCCC2)nc1. The lowest BCUT2D eigenvalue weighted by Gasteiger charge is -2.27. The molecule has 3 heterocycles. The molecular formula is C16H20N4O2. The number of amides is 2. The summed E-state index contributed by atoms with van der Waals surface area (Å²) in [5.74, 6) is 1.69. The average Bonchev–Trinajstić information content (AvgIpc) is 3.08. The van der Waals surface area contributed by atoms with Crippen molar-refractivity contribution < 1.29 is 9.21 Å². The molecule has 0 aliphatic carbocycles. The molecule has 1 saturated heterocycles. The standard InChI is InChI=1S/C16H20N4O2/c21-16(18-12-14-5-4-10-22-14)19-13-6-7-15(17-11-13)20-8-2-1-3-9-20/h4-7,10-11H,1-3,8-9,12H2,(H2,18,19,21). The zero-order valence-corrected chi connectivity index (χ0v) is 12.4. The molecule has 0 aromatic carbocycles. The van der Waals surface area contributed by atoms with Crippen molar-refractivity contribution in [3.8, 4) is 0 Å². The van der Waals surface area contributed by atoms with Crippen LogP contribution in [-0.2, 0) is 6.54 Å². The van der Waals surface area contributed by atoms with Gasteiger partial charge in [-0.15, -0.1) is 0 Å². The van der Waals surface area contributed by atoms with E-state index in [0.29, 0.717) is 18.0 Å². The molecule has 2 amide bonds. The van der Waals surface area contributed by atoms with Crippen LogP contribution in [0.2, 0.25) is 0 Å². The van der Waals surface area contributed by atoms with E-state index in [9.17, 15) is 4.79 Å². The zero-order chi connectivity index (χ0) is 15.2. The summed E-state index contributed by atoms with van der Waals surface area (Å²) in [6, 6.07) is 7.16. The Balaban J connectivity index is 1.50. The largest absolute Gasteiger partial charge is 0.467 e. The molecule has 0 bridgehead atoms. The molecule has 0 spiro atoms. The number of piperidine rings is 1. The quantitative estimate of drug-likeness (QED) is 0.910. The first-order chi connectivity index (χ1) is 10.8. The van der Waals surface area contributed by atoms with Gasteiger partial charge in [-0.1, -0.05) is 0 Å². The topological polar surface area (TPSA) is 70.4 Å². The highest BCUT2D eigenvalue weighted by atomic mass is 16.3. The number of hydrogen-bond acceptors (Lipinski definition) is 4. The van der Waals surface area contributed by atoms with Gasteiger partial charge in [0.25, 0.3) is 0 Å². The number of pyridine rings is 1. The van der Waals surface area contributed by atoms with Crippen LogP contribution < -0.4 is 15.5 Å². The number of carbonyl (C=O) groups excluding carboxylic acids is 1. The van der Waals surface area contributed by atoms with E-state index in [-0.39, 0.29) is 6.03 Å². The Morgan fingerprint density at radius 1 is 1.23 bits per heavy atom. The van der Waals surface area contributed by atoms with E-state index in [1.165, 1.54) is 19.3 Å². The first-order valence-electron chi connectivity index (χ1n) is 7.59. The van der Waals surface area contributed by atoms with E-state index in [1.54, 1.807) is 18.5 Å². The van der Waals surface area contributed by atoms with Gasteiger partial charge in [0.05, 0.1) is 24.7 Å². The highest BCUT2D eigenvalue weighted by Gasteiger charge is 2.12. The Hall–Kier alpha value is -2.50. The van der Waals surface area contributed by atoms with Crippen LogP contribution in [-0.4, -0.2) is 24.1 Å². The van der Waals surface area contributed by atoms with Crippen LogP contribution in [0.4, 0.5) is 16.3 Å². The number of furan rings is 1. The van der Waals surface area contributed by atoms with Crippen LogP contribution in [0.3, 0.4) is 0 Å². The third-order valence-electron chi connectivity index (χ3n) is 3.69. The second kappa shape index (κ2) is 6.98. The van der Waals surface area contributed by atoms with Gasteiger partial charge in [-0.2, -0.15) is 0 Å². The van der Waals surface area contributed by atoms with Crippen molar-refractivity contribution in [1.29, 1.82) is 0 Å². The Kier molecular flexibility index (Phi) is 4.58. The van der Waals surface area contributed by atoms with Crippen LogP contribution in [0.1, 0.15) is 25.0 Å². The predicted molar refractivity (Wildman–Crippen MR) is 84.9 cm³/mol. The van der Waals surface area contributed by atoms with Crippen molar-refractivity contribution in [2.75, 3.05) is 23.3 Å². The lowest BCUT2D eigenvalue weighted by Crippen LogP contribution is -2.30. The van der Waals surface area contributed by atoms with Crippen molar-refractivity contribution in [1.82, 2.24) is 10.3 Å². The second-order valence-corrected chi connectivity index (χ2v) is 5.34. The van der Waals surface area contributed by atoms with Gasteiger partial charge in [0.15, 0.2) is 0 Å². The highest BCUT2D eigenvalue weighted by molar-refractivity contribution is 5.89. The lowest BCUT2D eigenvalue weighted by molar-refractivity contribution is 0.251. The predicted octanol–water partition coefficient (Wildman–Crippen LogP) is 2.99. The molecule has 3 rings (SSSR count). The van der Waals surface area contributed by atoms with Crippen LogP contribution in [0.5, 0.6) is 0 Å². The lowest BCUT2D eigenvalue weighted by atomic mass is 10.1. The molecule has 2 aromatic heterocycles. The molecule has 0 saturated carbocycles. The molecule has 22 heavy (non-hydrogen) atoms. The number of urea groups is 1. The normalized spacial score (nSPS) is 14.6. The number of nitrogens with one attached hydrogen (secondary N) is 2. The Morgan fingerprint density at radius 3 is 2.77 bits per heavy atom. The first kappa shape index (κ1) is 14.4. The number of anilines is 2. The fourth-order valence-electron chi connectivity index (χ4n) is 2.53. The molecule has 0 radical (unpaired) electrons. The Labute approximate surface area is 129 Å². The van der Waals surface area contributed by atoms with Crippen LogP contribution in [0.15, 0.2) is 41.1 Å². The van der Waals surface area contributed by atoms with Gasteiger partial charge in [-0.05, 0) is 43.5 Å². The number of aromatic nitrogens is 1. The van der Waals surface area contributed by atoms with Crippen LogP contribution >= 0.6 is 0 Å². The summed E-state index contributed by atoms with van der Waals surface area (Å²) in [5, 5.41) is 5.49. The molecule has 6 heteroatoms. The second-order valence-electron chi connectivity index (χ2n) is 5.34. The summed E-state index contributed by atoms with van der Waals surface area (Å²) in [6.07, 6.45) is 7.01. The van der Waals surface area contributed by atoms with E-state index in [1.807, 2.05) is 18.2 Å². The van der Waals surface area contributed by atoms with Crippen molar-refractivity contribution in [2.45, 2.75) is 25.8 Å². The van der Waals surface area contributed by atoms with Crippen molar-refractivity contribution in [3.05, 3.63) is 42.5 Å². The molecule has 1 aliphatic heterocycles. The fraction of sp³-hybridized carbons (Fsp3) is 0.375. The molecule has 2 N–H and O–H groups in total. The zero-order valence-electron chi connectivity index (χ0n) is 12.4. The smallest absolute Gasteiger partial charge is 0.319 e. The minimum absolute atomic E-state index is 0.274. The van der Waals surface area contributed by atoms with Gasteiger partial charge in [-0.3, -0.25) is 0 Å². The third kappa shape index (κ3) is 3.78. The van der Waals surface area contributed by atoms with E-state index in [2.05, 4.69) is 20.5 Å². The molecular weight excluding hydrogens is 280 g/mol. The Morgan fingerprint density at radius 2 is 2.09 bits per heavy atom. The molecule has 1 aliphatic rings. The van der Waals surface area contributed by atoms with E-state index >= 15 is 0 Å². The summed E-state index contributed by atoms with van der Waals surface area (Å²) in [4.78, 5) is 18.5. The van der Waals surface area contributed by atoms with E-state index in [4.69, 9.17) is 4.42 Å². The van der Waals surface area contributed by atoms with Gasteiger partial charge in [0, 0.05) is 13.1 Å². The highest BCUT2D eigenvalue weighted by Crippen LogP contribution is 2.18. The van der Waals surface area contributed by atoms with Crippen molar-refractivity contribution >= 4 is 17.5 Å². The van der Waals surface area contributed by atoms with Gasteiger partial charge in [-0.25, -0.2) is 9.78 Å². The number of carbonyl (C=O) groups is 1. The monoisotopic (exact) mass is 300 g/mol. The molecule has 1 fully saturated rings. The molecule has 6 nitrogen and oxygen atoms in total. The summed E-state index contributed by atoms with van der Waals surface area (Å²) < 4.78 is 5.16. The molecule has 116 valence electrons. The minimum Gasteiger partial charge on any atom is -0.467 e. The summed E-state index contributed by atoms with van der Waals surface area (Å²) in [5.41, 5.74) is 0.678. The Bertz CT molecular complexity index is 589. The van der Waals surface area contributed by atoms with Crippen molar-refractivity contribution in [2.24, 2.45) is 0 Å². The third-order valence-corrected chi connectivity index (χ3v) is 3.69. The van der Waals surface area contributed by atoms with Crippen LogP contribution in [0, 0.1) is 0 Å². The van der Waals surface area contributed by atoms with E-state index < -0.39 is 0 Å². The number of nitrogens with zero attached hydrogens (tertiary/aromatic N) is 2. The van der Waals surface area contributed by atoms with Gasteiger partial charge in [0.2, 0.25) is 0 Å². The van der Waals surface area contributed by atoms with Crippen LogP contribution in [0.25, 0.3) is 0 Å². The van der Waals surface area contributed by atoms with E-state index in [0.717, 1.165) is 18.9 Å². The molecule has 2 aromatic rings. The molecule has 0 unspecified atom stereocenters. The van der Waals surface area contributed by atoms with Crippen molar-refractivity contribution in [3.63, 3.8) is 0 Å². The summed E-state index contributed by atoms with van der Waals surface area (Å²) in [6.45, 7) is 2.48. The number of rotatable bonds is 4. The minimum atomic E-state index is -0.274. The fourth-order valence-corrected chi connectivity index (χ4v) is 2.53. The van der Waals surface area contributed by atoms with Gasteiger partial charge < -0.3 is 20.0 Å². The van der Waals surface area contributed by atoms with Gasteiger partial charge >= 0.3 is 6.03 Å². The summed E-state index contributed by atoms with van der Waals surface area (Å²) >= 11 is 0. The number of hydrogen-bond donors (Lipinski definition) is 2. The average molecular weight is 300 g/mol. The molecule has 0 atom stereocenters. The summed E-state index contributed by atoms with van der Waals surface area (Å²) in [7, 11) is 0. The maximum atomic E-state index is 11.8. The maximum absolute atomic E-state index is 11.8. The maximum Gasteiger partial charge on any atom is 0.319 e. The van der Waals surface area contributed by atoms with Gasteiger partial charge in [0.1, 0.15) is 11.6 Å². The first-order valence-corrected chi connectivity index (χ1v) is 7.59.